The molecule has 1 amide bonds. The van der Waals surface area contributed by atoms with E-state index in [0.717, 1.165) is 0 Å². The molecule has 1 aromatic heterocycles. The van der Waals surface area contributed by atoms with E-state index < -0.39 is 47.3 Å². The number of aryl methyl sites for hydroxylation is 1. The Bertz CT molecular complexity index is 827. The van der Waals surface area contributed by atoms with Gasteiger partial charge in [0.1, 0.15) is 17.8 Å². The van der Waals surface area contributed by atoms with Crippen LogP contribution < -0.4 is 5.56 Å². The summed E-state index contributed by atoms with van der Waals surface area (Å²) in [7, 11) is 0. The lowest BCUT2D eigenvalue weighted by atomic mass is 10.0. The van der Waals surface area contributed by atoms with Crippen LogP contribution in [-0.4, -0.2) is 62.4 Å². The number of nitrogens with one attached hydrogen (secondary N) is 1. The van der Waals surface area contributed by atoms with Crippen LogP contribution in [0.15, 0.2) is 10.9 Å². The van der Waals surface area contributed by atoms with Gasteiger partial charge in [-0.15, -0.1) is 0 Å². The van der Waals surface area contributed by atoms with Gasteiger partial charge in [0.05, 0.1) is 18.7 Å². The number of rotatable bonds is 2. The summed E-state index contributed by atoms with van der Waals surface area (Å²) < 4.78 is 17.5. The largest absolute Gasteiger partial charge is 0.494 e. The summed E-state index contributed by atoms with van der Waals surface area (Å²) in [6, 6.07) is -0.0798. The number of aromatic amines is 1. The van der Waals surface area contributed by atoms with Gasteiger partial charge in [-0.1, -0.05) is 0 Å². The van der Waals surface area contributed by atoms with Gasteiger partial charge < -0.3 is 24.4 Å². The number of H-pyrrole nitrogens is 1. The lowest BCUT2D eigenvalue weighted by Crippen LogP contribution is -2.47. The maximum absolute atomic E-state index is 13.0. The second-order valence-corrected chi connectivity index (χ2v) is 8.73. The molecule has 0 spiro atoms. The molecule has 3 N–H and O–H groups in total. The van der Waals surface area contributed by atoms with Crippen LogP contribution in [0.2, 0.25) is 0 Å². The number of likely N-dealkylation sites (tertiary alicyclic amines) is 1. The first-order valence-electron chi connectivity index (χ1n) is 9.25. The zero-order valence-corrected chi connectivity index (χ0v) is 17.0. The highest BCUT2D eigenvalue weighted by Crippen LogP contribution is 2.47. The molecule has 4 atom stereocenters. The zero-order valence-electron chi connectivity index (χ0n) is 17.0. The second kappa shape index (κ2) is 6.75. The van der Waals surface area contributed by atoms with Gasteiger partial charge in [-0.25, -0.2) is 4.79 Å². The van der Waals surface area contributed by atoms with Crippen molar-refractivity contribution < 1.29 is 29.2 Å². The van der Waals surface area contributed by atoms with Gasteiger partial charge in [0.25, 0.3) is 5.56 Å². The van der Waals surface area contributed by atoms with Gasteiger partial charge in [-0.05, 0) is 47.6 Å². The van der Waals surface area contributed by atoms with Crippen molar-refractivity contribution in [2.75, 3.05) is 6.61 Å². The quantitative estimate of drug-likeness (QED) is 0.693. The topological polar surface area (TPSA) is 121 Å². The molecule has 2 aliphatic heterocycles. The number of pyridine rings is 1. The third-order valence-electron chi connectivity index (χ3n) is 4.86. The van der Waals surface area contributed by atoms with Gasteiger partial charge in [0.2, 0.25) is 0 Å². The standard InChI is InChI=1S/C19H28N2O7/c1-9-7-10(16(24)20-15(9)23)12-14-13(26-19(5,6)27-14)11(8-22)21(12)17(25)28-18(2,3)4/h7,11-14,22H,8H2,1-6H3,(H2,20,23,24)/t11-,12+,13-,14+/m1/s1. The number of aromatic nitrogens is 1. The molecular formula is C19H28N2O7. The molecular weight excluding hydrogens is 368 g/mol. The highest BCUT2D eigenvalue weighted by Gasteiger charge is 2.60. The minimum absolute atomic E-state index is 0.230. The molecule has 3 heterocycles. The molecule has 28 heavy (non-hydrogen) atoms. The first-order valence-corrected chi connectivity index (χ1v) is 9.25. The van der Waals surface area contributed by atoms with Crippen molar-refractivity contribution in [3.63, 3.8) is 0 Å². The van der Waals surface area contributed by atoms with Gasteiger partial charge in [0, 0.05) is 11.1 Å². The smallest absolute Gasteiger partial charge is 0.411 e. The van der Waals surface area contributed by atoms with E-state index in [-0.39, 0.29) is 18.1 Å². The number of aliphatic hydroxyl groups is 1. The number of aliphatic hydroxyl groups excluding tert-OH is 1. The number of hydrogen-bond donors (Lipinski definition) is 3. The number of carbonyl (C=O) groups is 1. The molecule has 0 aromatic carbocycles. The van der Waals surface area contributed by atoms with Gasteiger partial charge in [-0.3, -0.25) is 14.7 Å². The second-order valence-electron chi connectivity index (χ2n) is 8.73. The highest BCUT2D eigenvalue weighted by atomic mass is 16.8. The van der Waals surface area contributed by atoms with Crippen LogP contribution in [0, 0.1) is 6.92 Å². The van der Waals surface area contributed by atoms with E-state index in [0.29, 0.717) is 5.56 Å². The number of carbonyl (C=O) groups excluding carboxylic acids is 1. The van der Waals surface area contributed by atoms with Crippen LogP contribution in [0.3, 0.4) is 0 Å². The first kappa shape index (κ1) is 20.6. The van der Waals surface area contributed by atoms with Crippen molar-refractivity contribution in [3.8, 4) is 5.88 Å². The molecule has 2 saturated heterocycles. The maximum Gasteiger partial charge on any atom is 0.411 e. The minimum atomic E-state index is -0.931. The van der Waals surface area contributed by atoms with E-state index in [1.54, 1.807) is 41.5 Å². The van der Waals surface area contributed by atoms with Gasteiger partial charge >= 0.3 is 6.09 Å². The lowest BCUT2D eigenvalue weighted by molar-refractivity contribution is -0.169. The van der Waals surface area contributed by atoms with E-state index in [2.05, 4.69) is 4.98 Å². The SMILES string of the molecule is Cc1cc([C@H]2[C@@H]3OC(C)(C)O[C@@H]3[C@@H](CO)N2C(=O)OC(C)(C)C)c(=O)[nH]c1O. The Hall–Kier alpha value is -2.10. The Morgan fingerprint density at radius 1 is 1.32 bits per heavy atom. The normalized spacial score (nSPS) is 29.0. The molecule has 0 aliphatic carbocycles. The van der Waals surface area contributed by atoms with E-state index in [1.165, 1.54) is 11.0 Å². The fraction of sp³-hybridized carbons (Fsp3) is 0.684. The summed E-state index contributed by atoms with van der Waals surface area (Å²) in [5, 5.41) is 19.8. The van der Waals surface area contributed by atoms with E-state index >= 15 is 0 Å². The van der Waals surface area contributed by atoms with Crippen molar-refractivity contribution >= 4 is 6.09 Å². The van der Waals surface area contributed by atoms with Crippen molar-refractivity contribution in [2.24, 2.45) is 0 Å². The molecule has 1 aromatic rings. The van der Waals surface area contributed by atoms with Crippen LogP contribution in [0.4, 0.5) is 4.79 Å². The van der Waals surface area contributed by atoms with Crippen LogP contribution in [0.1, 0.15) is 51.8 Å². The summed E-state index contributed by atoms with van der Waals surface area (Å²) in [5.41, 5.74) is -0.640. The lowest BCUT2D eigenvalue weighted by Gasteiger charge is -2.34. The summed E-state index contributed by atoms with van der Waals surface area (Å²) >= 11 is 0. The molecule has 0 radical (unpaired) electrons. The molecule has 3 rings (SSSR count). The average molecular weight is 396 g/mol. The minimum Gasteiger partial charge on any atom is -0.494 e. The van der Waals surface area contributed by atoms with Crippen LogP contribution in [-0.2, 0) is 14.2 Å². The number of nitrogens with zero attached hydrogens (tertiary/aromatic N) is 1. The number of aromatic hydroxyl groups is 1. The predicted octanol–water partition coefficient (Wildman–Crippen LogP) is 1.56. The average Bonchev–Trinajstić information content (AvgIpc) is 2.99. The van der Waals surface area contributed by atoms with Gasteiger partial charge in [0.15, 0.2) is 11.7 Å². The summed E-state index contributed by atoms with van der Waals surface area (Å²) in [5.74, 6) is -1.17. The summed E-state index contributed by atoms with van der Waals surface area (Å²) in [6.45, 7) is 9.93. The summed E-state index contributed by atoms with van der Waals surface area (Å²) in [4.78, 5) is 29.3. The van der Waals surface area contributed by atoms with Crippen LogP contribution in [0.25, 0.3) is 0 Å². The third-order valence-corrected chi connectivity index (χ3v) is 4.86. The van der Waals surface area contributed by atoms with E-state index in [4.69, 9.17) is 14.2 Å². The van der Waals surface area contributed by atoms with Crippen molar-refractivity contribution in [1.82, 2.24) is 9.88 Å². The molecule has 0 saturated carbocycles. The van der Waals surface area contributed by atoms with Crippen molar-refractivity contribution in [3.05, 3.63) is 27.5 Å². The Morgan fingerprint density at radius 2 is 1.93 bits per heavy atom. The number of amides is 1. The maximum atomic E-state index is 13.0. The Morgan fingerprint density at radius 3 is 2.50 bits per heavy atom. The Balaban J connectivity index is 2.12. The van der Waals surface area contributed by atoms with E-state index in [1.807, 2.05) is 0 Å². The predicted molar refractivity (Wildman–Crippen MR) is 99.0 cm³/mol. The zero-order chi connectivity index (χ0) is 21.0. The molecule has 156 valence electrons. The fourth-order valence-corrected chi connectivity index (χ4v) is 3.83. The molecule has 2 fully saturated rings. The molecule has 0 bridgehead atoms. The Kier molecular flexibility index (Phi) is 4.97. The van der Waals surface area contributed by atoms with E-state index in [9.17, 15) is 19.8 Å². The van der Waals surface area contributed by atoms with Crippen molar-refractivity contribution in [1.29, 1.82) is 0 Å². The van der Waals surface area contributed by atoms with Crippen molar-refractivity contribution in [2.45, 2.75) is 77.2 Å². The fourth-order valence-electron chi connectivity index (χ4n) is 3.83. The monoisotopic (exact) mass is 396 g/mol. The van der Waals surface area contributed by atoms with Crippen LogP contribution >= 0.6 is 0 Å². The third kappa shape index (κ3) is 3.61. The number of fused-ring (bicyclic) bond motifs is 1. The number of hydrogen-bond acceptors (Lipinski definition) is 7. The Labute approximate surface area is 163 Å². The first-order chi connectivity index (χ1) is 12.8. The summed E-state index contributed by atoms with van der Waals surface area (Å²) in [6.07, 6.45) is -1.99. The van der Waals surface area contributed by atoms with Gasteiger partial charge in [-0.2, -0.15) is 0 Å². The molecule has 9 nitrogen and oxygen atoms in total. The molecule has 0 unspecified atom stereocenters. The number of ether oxygens (including phenoxy) is 3. The molecule has 2 aliphatic rings. The highest BCUT2D eigenvalue weighted by molar-refractivity contribution is 5.70. The van der Waals surface area contributed by atoms with Crippen LogP contribution in [0.5, 0.6) is 5.88 Å². The molecule has 9 heteroatoms.